The number of nitrogens with one attached hydrogen (secondary N) is 1. The molecule has 1 fully saturated rings. The summed E-state index contributed by atoms with van der Waals surface area (Å²) >= 11 is 0. The third-order valence-corrected chi connectivity index (χ3v) is 4.07. The summed E-state index contributed by atoms with van der Waals surface area (Å²) in [6.45, 7) is 14.8. The molecule has 2 amide bonds. The lowest BCUT2D eigenvalue weighted by Crippen LogP contribution is -2.69. The van der Waals surface area contributed by atoms with Crippen LogP contribution in [0, 0.1) is 11.3 Å². The van der Waals surface area contributed by atoms with E-state index in [2.05, 4.69) is 19.2 Å². The smallest absolute Gasteiger partial charge is 0.246 e. The van der Waals surface area contributed by atoms with E-state index in [4.69, 9.17) is 4.74 Å². The first-order valence-electron chi connectivity index (χ1n) is 7.81. The number of amides is 2. The van der Waals surface area contributed by atoms with Crippen molar-refractivity contribution >= 4 is 11.8 Å². The molecule has 3 unspecified atom stereocenters. The van der Waals surface area contributed by atoms with Crippen LogP contribution in [0.4, 0.5) is 0 Å². The van der Waals surface area contributed by atoms with Crippen molar-refractivity contribution in [1.29, 1.82) is 0 Å². The Labute approximate surface area is 128 Å². The molecule has 122 valence electrons. The average Bonchev–Trinajstić information content (AvgIpc) is 2.35. The Balaban J connectivity index is 3.09. The summed E-state index contributed by atoms with van der Waals surface area (Å²) in [5, 5.41) is 2.86. The highest BCUT2D eigenvalue weighted by atomic mass is 16.5. The minimum Gasteiger partial charge on any atom is -0.380 e. The Morgan fingerprint density at radius 3 is 2.29 bits per heavy atom. The molecule has 1 heterocycles. The van der Waals surface area contributed by atoms with Crippen molar-refractivity contribution in [1.82, 2.24) is 10.2 Å². The van der Waals surface area contributed by atoms with Crippen molar-refractivity contribution in [2.75, 3.05) is 13.2 Å². The fraction of sp³-hybridized carbons (Fsp3) is 0.875. The van der Waals surface area contributed by atoms with Gasteiger partial charge in [-0.1, -0.05) is 34.6 Å². The zero-order valence-electron chi connectivity index (χ0n) is 14.4. The Kier molecular flexibility index (Phi) is 5.79. The standard InChI is InChI=1S/C16H30N2O3/c1-8-21-9-12(10(2)3)18-11(4)14(19)17-13(15(18)20)16(5,6)7/h10-13H,8-9H2,1-7H3,(H,17,19). The van der Waals surface area contributed by atoms with Crippen LogP contribution >= 0.6 is 0 Å². The van der Waals surface area contributed by atoms with Crippen LogP contribution in [0.2, 0.25) is 0 Å². The number of ether oxygens (including phenoxy) is 1. The second-order valence-corrected chi connectivity index (χ2v) is 7.20. The van der Waals surface area contributed by atoms with E-state index in [1.807, 2.05) is 27.7 Å². The molecule has 0 radical (unpaired) electrons. The van der Waals surface area contributed by atoms with Crippen molar-refractivity contribution in [3.05, 3.63) is 0 Å². The van der Waals surface area contributed by atoms with Gasteiger partial charge in [0.1, 0.15) is 12.1 Å². The van der Waals surface area contributed by atoms with E-state index in [1.54, 1.807) is 11.8 Å². The van der Waals surface area contributed by atoms with Gasteiger partial charge in [0.2, 0.25) is 11.8 Å². The van der Waals surface area contributed by atoms with Crippen LogP contribution in [-0.4, -0.2) is 48.1 Å². The minimum absolute atomic E-state index is 0.00648. The van der Waals surface area contributed by atoms with Crippen LogP contribution in [0.3, 0.4) is 0 Å². The van der Waals surface area contributed by atoms with Crippen LogP contribution < -0.4 is 5.32 Å². The molecule has 0 aliphatic carbocycles. The van der Waals surface area contributed by atoms with Crippen molar-refractivity contribution in [2.45, 2.75) is 66.6 Å². The molecule has 5 nitrogen and oxygen atoms in total. The molecule has 0 bridgehead atoms. The normalized spacial score (nSPS) is 25.2. The summed E-state index contributed by atoms with van der Waals surface area (Å²) < 4.78 is 5.54. The molecule has 1 saturated heterocycles. The molecule has 1 N–H and O–H groups in total. The van der Waals surface area contributed by atoms with Crippen molar-refractivity contribution in [3.63, 3.8) is 0 Å². The van der Waals surface area contributed by atoms with E-state index in [-0.39, 0.29) is 29.2 Å². The third kappa shape index (κ3) is 3.96. The molecule has 0 spiro atoms. The van der Waals surface area contributed by atoms with Crippen LogP contribution in [0.25, 0.3) is 0 Å². The largest absolute Gasteiger partial charge is 0.380 e. The van der Waals surface area contributed by atoms with Crippen LogP contribution in [0.5, 0.6) is 0 Å². The van der Waals surface area contributed by atoms with Gasteiger partial charge in [0.15, 0.2) is 0 Å². The predicted octanol–water partition coefficient (Wildman–Crippen LogP) is 1.81. The van der Waals surface area contributed by atoms with Gasteiger partial charge in [-0.2, -0.15) is 0 Å². The van der Waals surface area contributed by atoms with E-state index in [9.17, 15) is 9.59 Å². The van der Waals surface area contributed by atoms with Gasteiger partial charge in [-0.3, -0.25) is 9.59 Å². The lowest BCUT2D eigenvalue weighted by molar-refractivity contribution is -0.157. The fourth-order valence-corrected chi connectivity index (χ4v) is 2.66. The van der Waals surface area contributed by atoms with E-state index in [0.717, 1.165) is 0 Å². The number of carbonyl (C=O) groups is 2. The van der Waals surface area contributed by atoms with Gasteiger partial charge in [0.05, 0.1) is 12.6 Å². The first-order valence-corrected chi connectivity index (χ1v) is 7.81. The van der Waals surface area contributed by atoms with E-state index < -0.39 is 12.1 Å². The maximum Gasteiger partial charge on any atom is 0.246 e. The van der Waals surface area contributed by atoms with Gasteiger partial charge in [-0.15, -0.1) is 0 Å². The monoisotopic (exact) mass is 298 g/mol. The quantitative estimate of drug-likeness (QED) is 0.842. The van der Waals surface area contributed by atoms with Gasteiger partial charge in [-0.25, -0.2) is 0 Å². The van der Waals surface area contributed by atoms with E-state index in [1.165, 1.54) is 0 Å². The highest BCUT2D eigenvalue weighted by Crippen LogP contribution is 2.28. The Bertz CT molecular complexity index is 387. The molecule has 0 aromatic carbocycles. The van der Waals surface area contributed by atoms with Gasteiger partial charge in [-0.05, 0) is 25.2 Å². The third-order valence-electron chi connectivity index (χ3n) is 4.07. The maximum absolute atomic E-state index is 12.9. The highest BCUT2D eigenvalue weighted by molar-refractivity contribution is 5.97. The Morgan fingerprint density at radius 1 is 1.29 bits per heavy atom. The van der Waals surface area contributed by atoms with Gasteiger partial charge >= 0.3 is 0 Å². The zero-order chi connectivity index (χ0) is 16.4. The molecule has 0 aromatic heterocycles. The number of hydrogen-bond acceptors (Lipinski definition) is 3. The molecule has 21 heavy (non-hydrogen) atoms. The number of nitrogens with zero attached hydrogens (tertiary/aromatic N) is 1. The van der Waals surface area contributed by atoms with E-state index in [0.29, 0.717) is 13.2 Å². The van der Waals surface area contributed by atoms with Gasteiger partial charge < -0.3 is 15.0 Å². The SMILES string of the molecule is CCOCC(C(C)C)N1C(=O)C(C(C)(C)C)NC(=O)C1C. The summed E-state index contributed by atoms with van der Waals surface area (Å²) in [6.07, 6.45) is 0. The second kappa shape index (κ2) is 6.77. The zero-order valence-corrected chi connectivity index (χ0v) is 14.4. The summed E-state index contributed by atoms with van der Waals surface area (Å²) in [5.74, 6) is 0.138. The Hall–Kier alpha value is -1.10. The summed E-state index contributed by atoms with van der Waals surface area (Å²) in [4.78, 5) is 26.9. The van der Waals surface area contributed by atoms with Crippen LogP contribution in [0.1, 0.15) is 48.5 Å². The molecule has 0 saturated carbocycles. The lowest BCUT2D eigenvalue weighted by atomic mass is 9.83. The van der Waals surface area contributed by atoms with Crippen molar-refractivity contribution in [3.8, 4) is 0 Å². The first kappa shape index (κ1) is 18.0. The summed E-state index contributed by atoms with van der Waals surface area (Å²) in [7, 11) is 0. The molecule has 1 rings (SSSR count). The fourth-order valence-electron chi connectivity index (χ4n) is 2.66. The molecule has 1 aliphatic rings. The highest BCUT2D eigenvalue weighted by Gasteiger charge is 2.46. The van der Waals surface area contributed by atoms with Crippen molar-refractivity contribution < 1.29 is 14.3 Å². The number of hydrogen-bond donors (Lipinski definition) is 1. The van der Waals surface area contributed by atoms with Crippen LogP contribution in [-0.2, 0) is 14.3 Å². The predicted molar refractivity (Wildman–Crippen MR) is 82.8 cm³/mol. The Morgan fingerprint density at radius 2 is 1.86 bits per heavy atom. The van der Waals surface area contributed by atoms with Gasteiger partial charge in [0, 0.05) is 6.61 Å². The topological polar surface area (TPSA) is 58.6 Å². The van der Waals surface area contributed by atoms with Crippen molar-refractivity contribution in [2.24, 2.45) is 11.3 Å². The molecule has 3 atom stereocenters. The molecule has 0 aromatic rings. The minimum atomic E-state index is -0.482. The summed E-state index contributed by atoms with van der Waals surface area (Å²) in [5.41, 5.74) is -0.307. The number of piperazine rings is 1. The molecular weight excluding hydrogens is 268 g/mol. The second-order valence-electron chi connectivity index (χ2n) is 7.20. The van der Waals surface area contributed by atoms with Crippen LogP contribution in [0.15, 0.2) is 0 Å². The number of carbonyl (C=O) groups excluding carboxylic acids is 2. The lowest BCUT2D eigenvalue weighted by Gasteiger charge is -2.46. The maximum atomic E-state index is 12.9. The number of rotatable bonds is 5. The average molecular weight is 298 g/mol. The molecule has 1 aliphatic heterocycles. The summed E-state index contributed by atoms with van der Waals surface area (Å²) in [6, 6.07) is -1.02. The van der Waals surface area contributed by atoms with E-state index >= 15 is 0 Å². The van der Waals surface area contributed by atoms with Gasteiger partial charge in [0.25, 0.3) is 0 Å². The molecular formula is C16H30N2O3. The molecule has 5 heteroatoms. The first-order chi connectivity index (χ1) is 9.61.